The van der Waals surface area contributed by atoms with Crippen LogP contribution in [0.2, 0.25) is 0 Å². The molecule has 1 unspecified atom stereocenters. The summed E-state index contributed by atoms with van der Waals surface area (Å²) in [6, 6.07) is 26.4. The van der Waals surface area contributed by atoms with Gasteiger partial charge in [0.2, 0.25) is 5.91 Å². The molecule has 1 aliphatic heterocycles. The minimum atomic E-state index is -0.859. The lowest BCUT2D eigenvalue weighted by Crippen LogP contribution is -2.38. The Morgan fingerprint density at radius 3 is 2.14 bits per heavy atom. The van der Waals surface area contributed by atoms with Crippen LogP contribution >= 0.6 is 0 Å². The molecule has 0 spiro atoms. The fraction of sp³-hybridized carbons (Fsp3) is 0.161. The molecule has 2 atom stereocenters. The molecular weight excluding hydrogens is 468 g/mol. The van der Waals surface area contributed by atoms with E-state index in [9.17, 15) is 13.6 Å². The summed E-state index contributed by atoms with van der Waals surface area (Å²) in [5.74, 6) is -1.02. The Morgan fingerprint density at radius 1 is 0.865 bits per heavy atom. The van der Waals surface area contributed by atoms with E-state index in [2.05, 4.69) is 10.2 Å². The molecule has 37 heavy (non-hydrogen) atoms. The van der Waals surface area contributed by atoms with Crippen LogP contribution in [-0.2, 0) is 4.79 Å². The highest BCUT2D eigenvalue weighted by Crippen LogP contribution is 2.37. The summed E-state index contributed by atoms with van der Waals surface area (Å²) in [5.41, 5.74) is 3.84. The number of benzene rings is 4. The van der Waals surface area contributed by atoms with Crippen molar-refractivity contribution in [1.82, 2.24) is 4.90 Å². The molecule has 1 saturated heterocycles. The number of carbonyl (C=O) groups is 1. The zero-order valence-electron chi connectivity index (χ0n) is 20.1. The van der Waals surface area contributed by atoms with Crippen LogP contribution in [0.3, 0.4) is 0 Å². The first-order valence-corrected chi connectivity index (χ1v) is 12.2. The SMILES string of the molecule is [C-]#[N+]c1ccc(-c2ccc(C(Nc3ccccc3F)C(=O)N3CCC[C@H]3c3ccccc3F)cc2)cc1. The normalized spacial score (nSPS) is 15.7. The molecule has 1 amide bonds. The van der Waals surface area contributed by atoms with Gasteiger partial charge in [-0.05, 0) is 47.7 Å². The molecule has 6 heteroatoms. The van der Waals surface area contributed by atoms with E-state index >= 15 is 0 Å². The molecule has 0 bridgehead atoms. The third-order valence-electron chi connectivity index (χ3n) is 6.79. The van der Waals surface area contributed by atoms with Gasteiger partial charge in [-0.25, -0.2) is 13.6 Å². The number of rotatable bonds is 6. The molecule has 4 aromatic carbocycles. The van der Waals surface area contributed by atoms with E-state index in [4.69, 9.17) is 6.57 Å². The first-order chi connectivity index (χ1) is 18.0. The van der Waals surface area contributed by atoms with Crippen molar-refractivity contribution in [2.24, 2.45) is 0 Å². The van der Waals surface area contributed by atoms with E-state index in [1.807, 2.05) is 36.4 Å². The number of anilines is 1. The molecule has 0 saturated carbocycles. The lowest BCUT2D eigenvalue weighted by atomic mass is 9.98. The maximum atomic E-state index is 14.6. The second-order valence-electron chi connectivity index (χ2n) is 9.05. The van der Waals surface area contributed by atoms with Gasteiger partial charge >= 0.3 is 0 Å². The number of hydrogen-bond acceptors (Lipinski definition) is 2. The zero-order chi connectivity index (χ0) is 25.8. The highest BCUT2D eigenvalue weighted by molar-refractivity contribution is 5.87. The predicted octanol–water partition coefficient (Wildman–Crippen LogP) is 7.70. The quantitative estimate of drug-likeness (QED) is 0.280. The molecule has 1 fully saturated rings. The molecule has 0 aliphatic carbocycles. The Labute approximate surface area is 215 Å². The Bertz CT molecular complexity index is 1440. The van der Waals surface area contributed by atoms with Crippen LogP contribution in [0, 0.1) is 18.2 Å². The smallest absolute Gasteiger partial charge is 0.250 e. The average Bonchev–Trinajstić information content (AvgIpc) is 3.42. The monoisotopic (exact) mass is 493 g/mol. The van der Waals surface area contributed by atoms with E-state index in [1.165, 1.54) is 12.1 Å². The van der Waals surface area contributed by atoms with Gasteiger partial charge in [0, 0.05) is 12.1 Å². The summed E-state index contributed by atoms with van der Waals surface area (Å²) in [6.07, 6.45) is 1.43. The molecule has 184 valence electrons. The first-order valence-electron chi connectivity index (χ1n) is 12.2. The van der Waals surface area contributed by atoms with Crippen molar-refractivity contribution in [3.05, 3.63) is 131 Å². The van der Waals surface area contributed by atoms with Crippen LogP contribution in [-0.4, -0.2) is 17.4 Å². The van der Waals surface area contributed by atoms with Crippen LogP contribution in [0.15, 0.2) is 97.1 Å². The number of likely N-dealkylation sites (tertiary alicyclic amines) is 1. The second kappa shape index (κ2) is 10.6. The van der Waals surface area contributed by atoms with Crippen molar-refractivity contribution >= 4 is 17.3 Å². The van der Waals surface area contributed by atoms with Crippen LogP contribution in [0.1, 0.15) is 36.1 Å². The van der Waals surface area contributed by atoms with Crippen molar-refractivity contribution in [2.45, 2.75) is 24.9 Å². The Balaban J connectivity index is 1.48. The lowest BCUT2D eigenvalue weighted by molar-refractivity contribution is -0.133. The van der Waals surface area contributed by atoms with Crippen molar-refractivity contribution in [2.75, 3.05) is 11.9 Å². The predicted molar refractivity (Wildman–Crippen MR) is 141 cm³/mol. The third-order valence-corrected chi connectivity index (χ3v) is 6.79. The highest BCUT2D eigenvalue weighted by Gasteiger charge is 2.36. The van der Waals surface area contributed by atoms with E-state index in [0.717, 1.165) is 17.5 Å². The first kappa shape index (κ1) is 24.2. The number of halogens is 2. The van der Waals surface area contributed by atoms with Gasteiger partial charge in [0.05, 0.1) is 18.3 Å². The van der Waals surface area contributed by atoms with Gasteiger partial charge in [-0.3, -0.25) is 4.79 Å². The number of nitrogens with zero attached hydrogens (tertiary/aromatic N) is 2. The molecule has 1 N–H and O–H groups in total. The third kappa shape index (κ3) is 5.07. The van der Waals surface area contributed by atoms with Gasteiger partial charge in [-0.2, -0.15) is 0 Å². The maximum Gasteiger partial charge on any atom is 0.250 e. The molecular formula is C31H25F2N3O. The van der Waals surface area contributed by atoms with E-state index < -0.39 is 11.9 Å². The summed E-state index contributed by atoms with van der Waals surface area (Å²) >= 11 is 0. The fourth-order valence-electron chi connectivity index (χ4n) is 4.88. The van der Waals surface area contributed by atoms with Crippen LogP contribution in [0.25, 0.3) is 16.0 Å². The number of hydrogen-bond donors (Lipinski definition) is 1. The standard InChI is InChI=1S/C31H25F2N3O/c1-34-24-18-16-22(17-19-24)21-12-14-23(15-13-21)30(35-28-10-5-4-9-27(28)33)31(37)36-20-6-11-29(36)25-7-2-3-8-26(25)32/h2-5,7-10,12-19,29-30,35H,6,11,20H2/t29-,30?/m0/s1. The fourth-order valence-corrected chi connectivity index (χ4v) is 4.88. The molecule has 4 aromatic rings. The summed E-state index contributed by atoms with van der Waals surface area (Å²) in [4.78, 5) is 19.1. The Kier molecular flexibility index (Phi) is 6.96. The Morgan fingerprint density at radius 2 is 1.49 bits per heavy atom. The zero-order valence-corrected chi connectivity index (χ0v) is 20.1. The van der Waals surface area contributed by atoms with Gasteiger partial charge in [0.25, 0.3) is 0 Å². The molecule has 0 aromatic heterocycles. The molecule has 0 radical (unpaired) electrons. The highest BCUT2D eigenvalue weighted by atomic mass is 19.1. The van der Waals surface area contributed by atoms with Crippen LogP contribution < -0.4 is 5.32 Å². The van der Waals surface area contributed by atoms with Gasteiger partial charge < -0.3 is 10.2 Å². The summed E-state index contributed by atoms with van der Waals surface area (Å²) in [5, 5.41) is 3.11. The van der Waals surface area contributed by atoms with Crippen LogP contribution in [0.5, 0.6) is 0 Å². The number of nitrogens with one attached hydrogen (secondary N) is 1. The average molecular weight is 494 g/mol. The number of carbonyl (C=O) groups excluding carboxylic acids is 1. The van der Waals surface area contributed by atoms with Crippen molar-refractivity contribution in [1.29, 1.82) is 0 Å². The minimum absolute atomic E-state index is 0.223. The Hall–Kier alpha value is -4.50. The summed E-state index contributed by atoms with van der Waals surface area (Å²) in [7, 11) is 0. The van der Waals surface area contributed by atoms with E-state index in [0.29, 0.717) is 29.8 Å². The second-order valence-corrected chi connectivity index (χ2v) is 9.05. The van der Waals surface area contributed by atoms with Gasteiger partial charge in [-0.1, -0.05) is 78.9 Å². The number of amides is 1. The van der Waals surface area contributed by atoms with Crippen molar-refractivity contribution in [3.63, 3.8) is 0 Å². The maximum absolute atomic E-state index is 14.6. The molecule has 1 aliphatic rings. The van der Waals surface area contributed by atoms with Crippen LogP contribution in [0.4, 0.5) is 20.2 Å². The molecule has 4 nitrogen and oxygen atoms in total. The van der Waals surface area contributed by atoms with Crippen molar-refractivity contribution < 1.29 is 13.6 Å². The lowest BCUT2D eigenvalue weighted by Gasteiger charge is -2.30. The molecule has 5 rings (SSSR count). The van der Waals surface area contributed by atoms with Gasteiger partial charge in [0.15, 0.2) is 5.69 Å². The van der Waals surface area contributed by atoms with E-state index in [-0.39, 0.29) is 23.5 Å². The van der Waals surface area contributed by atoms with Gasteiger partial charge in [0.1, 0.15) is 17.7 Å². The number of para-hydroxylation sites is 1. The largest absolute Gasteiger partial charge is 0.368 e. The van der Waals surface area contributed by atoms with Gasteiger partial charge in [-0.15, -0.1) is 0 Å². The summed E-state index contributed by atoms with van der Waals surface area (Å²) in [6.45, 7) is 7.63. The molecule has 1 heterocycles. The summed E-state index contributed by atoms with van der Waals surface area (Å²) < 4.78 is 29.2. The van der Waals surface area contributed by atoms with E-state index in [1.54, 1.807) is 53.4 Å². The van der Waals surface area contributed by atoms with Crippen molar-refractivity contribution in [3.8, 4) is 11.1 Å². The minimum Gasteiger partial charge on any atom is -0.368 e. The topological polar surface area (TPSA) is 36.7 Å².